The number of anilines is 1. The van der Waals surface area contributed by atoms with Crippen LogP contribution in [-0.4, -0.2) is 20.7 Å². The smallest absolute Gasteiger partial charge is 0.186 e. The van der Waals surface area contributed by atoms with Crippen molar-refractivity contribution in [3.63, 3.8) is 0 Å². The first kappa shape index (κ1) is 43.6. The molecule has 2 aliphatic rings. The van der Waals surface area contributed by atoms with Crippen molar-refractivity contribution in [1.82, 2.24) is 0 Å². The number of benzene rings is 2. The minimum atomic E-state index is -3.44. The highest BCUT2D eigenvalue weighted by Gasteiger charge is 2.42. The van der Waals surface area contributed by atoms with Gasteiger partial charge in [-0.15, -0.1) is 0 Å². The first-order valence-electron chi connectivity index (χ1n) is 12.7. The summed E-state index contributed by atoms with van der Waals surface area (Å²) in [6.07, 6.45) is 11.5. The molecule has 0 spiro atoms. The highest BCUT2D eigenvalue weighted by atomic mass is 32.2. The van der Waals surface area contributed by atoms with Gasteiger partial charge < -0.3 is 4.90 Å². The van der Waals surface area contributed by atoms with E-state index in [0.717, 1.165) is 39.8 Å². The van der Waals surface area contributed by atoms with E-state index < -0.39 is 15.1 Å². The molecule has 1 unspecified atom stereocenters. The molecule has 0 saturated carbocycles. The number of hydrogen-bond donors (Lipinski definition) is 0. The molecular weight excluding hydrogens is 534 g/mol. The summed E-state index contributed by atoms with van der Waals surface area (Å²) in [6.45, 7) is 21.1. The van der Waals surface area contributed by atoms with Gasteiger partial charge in [0.25, 0.3) is 0 Å². The topological polar surface area (TPSA) is 37.4 Å². The largest absolute Gasteiger partial charge is 0.347 e. The molecule has 238 valence electrons. The Labute approximate surface area is 262 Å². The fourth-order valence-electron chi connectivity index (χ4n) is 5.95. The molecule has 2 aliphatic heterocycles. The predicted molar refractivity (Wildman–Crippen MR) is 194 cm³/mol. The van der Waals surface area contributed by atoms with Crippen molar-refractivity contribution in [3.05, 3.63) is 98.3 Å². The Hall–Kier alpha value is -2.85. The van der Waals surface area contributed by atoms with Crippen molar-refractivity contribution in [1.29, 1.82) is 0 Å². The van der Waals surface area contributed by atoms with Crippen LogP contribution in [0.2, 0.25) is 0 Å². The van der Waals surface area contributed by atoms with Crippen LogP contribution in [0.5, 0.6) is 0 Å². The maximum Gasteiger partial charge on any atom is 0.186 e. The summed E-state index contributed by atoms with van der Waals surface area (Å²) in [7, 11) is -1.30. The number of likely N-dealkylation sites (N-methyl/N-ethyl adjacent to an activating group) is 1. The molecule has 3 nitrogen and oxygen atoms in total. The minimum absolute atomic E-state index is 0. The van der Waals surface area contributed by atoms with Gasteiger partial charge in [0, 0.05) is 30.4 Å². The van der Waals surface area contributed by atoms with Crippen molar-refractivity contribution in [2.75, 3.05) is 11.9 Å². The summed E-state index contributed by atoms with van der Waals surface area (Å²) in [4.78, 5) is 2.80. The zero-order valence-electron chi connectivity index (χ0n) is 23.3. The van der Waals surface area contributed by atoms with E-state index >= 15 is 0 Å². The fraction of sp³-hybridized carbons (Fsp3) is 0.474. The molecule has 0 N–H and O–H groups in total. The van der Waals surface area contributed by atoms with E-state index in [0.29, 0.717) is 11.3 Å². The fourth-order valence-corrected chi connectivity index (χ4v) is 8.24. The van der Waals surface area contributed by atoms with E-state index in [1.807, 2.05) is 45.1 Å². The first-order valence-corrected chi connectivity index (χ1v) is 14.3. The van der Waals surface area contributed by atoms with E-state index in [2.05, 4.69) is 59.2 Å². The molecule has 42 heavy (non-hydrogen) atoms. The maximum absolute atomic E-state index is 13.4. The van der Waals surface area contributed by atoms with Crippen molar-refractivity contribution < 1.29 is 8.42 Å². The molecule has 2 heterocycles. The van der Waals surface area contributed by atoms with Crippen LogP contribution in [0.1, 0.15) is 107 Å². The van der Waals surface area contributed by atoms with Crippen molar-refractivity contribution in [2.45, 2.75) is 123 Å². The van der Waals surface area contributed by atoms with Gasteiger partial charge >= 0.3 is 0 Å². The molecule has 2 aromatic rings. The van der Waals surface area contributed by atoms with Gasteiger partial charge in [-0.05, 0) is 124 Å². The second kappa shape index (κ2) is 15.6. The van der Waals surface area contributed by atoms with Crippen molar-refractivity contribution in [2.24, 2.45) is 0 Å². The second-order valence-electron chi connectivity index (χ2n) is 10.5. The average Bonchev–Trinajstić information content (AvgIpc) is 3.26. The standard InChI is InChI=1S/C32H39NO2S.6CH4/c1-18-20(3)24(7)31-28(22(18)5)17-27(33(31)10)15-13-11-12-14-16-29-26(9)30-23(6)19(2)21(4)25(8)32(30)36(29,34)35;;;;;;/h11-15,29H,9,16-17H2,1-8,10H3;6*1H4. The first-order chi connectivity index (χ1) is 16.8. The molecular formula is C38H63NO2S. The van der Waals surface area contributed by atoms with Gasteiger partial charge in [0.1, 0.15) is 0 Å². The van der Waals surface area contributed by atoms with Gasteiger partial charge in [0.15, 0.2) is 9.84 Å². The van der Waals surface area contributed by atoms with Gasteiger partial charge in [-0.3, -0.25) is 0 Å². The van der Waals surface area contributed by atoms with Crippen LogP contribution in [0.3, 0.4) is 0 Å². The molecule has 0 aromatic heterocycles. The van der Waals surface area contributed by atoms with Crippen LogP contribution in [0.4, 0.5) is 5.69 Å². The Bertz CT molecular complexity index is 1500. The van der Waals surface area contributed by atoms with Gasteiger partial charge in [-0.25, -0.2) is 8.42 Å². The highest BCUT2D eigenvalue weighted by Crippen LogP contribution is 2.46. The Balaban J connectivity index is -0.00000253. The molecule has 4 heteroatoms. The van der Waals surface area contributed by atoms with E-state index in [1.54, 1.807) is 0 Å². The van der Waals surface area contributed by atoms with Gasteiger partial charge in [0.2, 0.25) is 0 Å². The maximum atomic E-state index is 13.4. The summed E-state index contributed by atoms with van der Waals surface area (Å²) in [5, 5.41) is -0.595. The quantitative estimate of drug-likeness (QED) is 0.329. The summed E-state index contributed by atoms with van der Waals surface area (Å²) in [5.41, 5.74) is 15.2. The van der Waals surface area contributed by atoms with Crippen LogP contribution in [-0.2, 0) is 16.3 Å². The van der Waals surface area contributed by atoms with Crippen LogP contribution in [0.15, 0.2) is 47.6 Å². The monoisotopic (exact) mass is 597 g/mol. The number of fused-ring (bicyclic) bond motifs is 2. The lowest BCUT2D eigenvalue weighted by molar-refractivity contribution is 0.592. The summed E-state index contributed by atoms with van der Waals surface area (Å²) >= 11 is 0. The lowest BCUT2D eigenvalue weighted by atomic mass is 9.90. The van der Waals surface area contributed by atoms with Crippen LogP contribution < -0.4 is 4.90 Å². The third-order valence-electron chi connectivity index (χ3n) is 8.90. The molecule has 0 saturated heterocycles. The summed E-state index contributed by atoms with van der Waals surface area (Å²) in [6, 6.07) is 0. The van der Waals surface area contributed by atoms with Crippen molar-refractivity contribution in [3.8, 4) is 0 Å². The lowest BCUT2D eigenvalue weighted by Crippen LogP contribution is -2.15. The zero-order valence-corrected chi connectivity index (χ0v) is 24.1. The van der Waals surface area contributed by atoms with E-state index in [4.69, 9.17) is 0 Å². The summed E-state index contributed by atoms with van der Waals surface area (Å²) < 4.78 is 26.9. The third-order valence-corrected chi connectivity index (χ3v) is 11.2. The SMILES string of the molecule is C.C.C.C.C.C.C=C1c2c(C)c(C)c(C)c(C)c2S(=O)(=O)C1CC=CC=CC=C1Cc2c(C)c(C)c(C)c(C)c2N1C. The molecule has 0 amide bonds. The Morgan fingerprint density at radius 2 is 1.21 bits per heavy atom. The Morgan fingerprint density at radius 3 is 1.79 bits per heavy atom. The normalized spacial score (nSPS) is 17.0. The van der Waals surface area contributed by atoms with E-state index in [1.165, 1.54) is 39.2 Å². The van der Waals surface area contributed by atoms with Crippen LogP contribution in [0, 0.1) is 55.4 Å². The van der Waals surface area contributed by atoms with Gasteiger partial charge in [-0.2, -0.15) is 0 Å². The van der Waals surface area contributed by atoms with E-state index in [9.17, 15) is 8.42 Å². The molecule has 0 fully saturated rings. The zero-order chi connectivity index (χ0) is 26.7. The molecule has 0 bridgehead atoms. The predicted octanol–water partition coefficient (Wildman–Crippen LogP) is 11.2. The summed E-state index contributed by atoms with van der Waals surface area (Å²) in [5.74, 6) is 0. The van der Waals surface area contributed by atoms with Crippen molar-refractivity contribution >= 4 is 21.1 Å². The number of nitrogens with zero attached hydrogens (tertiary/aromatic N) is 1. The number of sulfone groups is 1. The van der Waals surface area contributed by atoms with Gasteiger partial charge in [-0.1, -0.05) is 75.4 Å². The van der Waals surface area contributed by atoms with Crippen LogP contribution >= 0.6 is 0 Å². The van der Waals surface area contributed by atoms with Crippen LogP contribution in [0.25, 0.3) is 5.57 Å². The molecule has 2 aromatic carbocycles. The number of rotatable bonds is 4. The minimum Gasteiger partial charge on any atom is -0.347 e. The van der Waals surface area contributed by atoms with E-state index in [-0.39, 0.29) is 44.6 Å². The van der Waals surface area contributed by atoms with Gasteiger partial charge in [0.05, 0.1) is 10.1 Å². The highest BCUT2D eigenvalue weighted by molar-refractivity contribution is 7.93. The molecule has 1 atom stereocenters. The lowest BCUT2D eigenvalue weighted by Gasteiger charge is -2.20. The number of hydrogen-bond acceptors (Lipinski definition) is 3. The molecule has 0 aliphatic carbocycles. The Kier molecular flexibility index (Phi) is 16.2. The second-order valence-corrected chi connectivity index (χ2v) is 12.6. The average molecular weight is 598 g/mol. The molecule has 4 rings (SSSR count). The molecule has 0 radical (unpaired) electrons. The number of allylic oxidation sites excluding steroid dienone is 6. The Morgan fingerprint density at radius 1 is 0.714 bits per heavy atom. The third kappa shape index (κ3) is 6.54.